The Kier molecular flexibility index (Phi) is 3.39. The molecule has 2 rings (SSSR count). The lowest BCUT2D eigenvalue weighted by molar-refractivity contribution is 0.0929. The molecule has 1 aromatic rings. The van der Waals surface area contributed by atoms with Gasteiger partial charge in [-0.25, -0.2) is 0 Å². The number of aryl methyl sites for hydroxylation is 2. The zero-order valence-electron chi connectivity index (χ0n) is 10.0. The molecule has 1 aromatic carbocycles. The van der Waals surface area contributed by atoms with Gasteiger partial charge in [0.1, 0.15) is 0 Å². The third-order valence-corrected chi connectivity index (χ3v) is 3.32. The Balaban J connectivity index is 2.31. The number of benzene rings is 1. The van der Waals surface area contributed by atoms with Crippen LogP contribution in [0.2, 0.25) is 0 Å². The maximum Gasteiger partial charge on any atom is 0.180 e. The highest BCUT2D eigenvalue weighted by atomic mass is 16.1. The summed E-state index contributed by atoms with van der Waals surface area (Å²) in [6, 6.07) is 6.36. The zero-order chi connectivity index (χ0) is 11.5. The molecule has 0 aromatic heterocycles. The number of likely N-dealkylation sites (N-methyl/N-ethyl adjacent to an activating group) is 1. The van der Waals surface area contributed by atoms with Crippen LogP contribution in [0.5, 0.6) is 0 Å². The van der Waals surface area contributed by atoms with E-state index in [4.69, 9.17) is 0 Å². The molecule has 2 heteroatoms. The predicted molar refractivity (Wildman–Crippen MR) is 65.9 cm³/mol. The second kappa shape index (κ2) is 4.79. The summed E-state index contributed by atoms with van der Waals surface area (Å²) >= 11 is 0. The van der Waals surface area contributed by atoms with Gasteiger partial charge < -0.3 is 5.32 Å². The number of carbonyl (C=O) groups excluding carboxylic acids is 1. The predicted octanol–water partition coefficient (Wildman–Crippen LogP) is 2.36. The third-order valence-electron chi connectivity index (χ3n) is 3.32. The topological polar surface area (TPSA) is 29.1 Å². The first-order valence-electron chi connectivity index (χ1n) is 6.15. The van der Waals surface area contributed by atoms with Crippen molar-refractivity contribution in [3.63, 3.8) is 0 Å². The van der Waals surface area contributed by atoms with E-state index in [-0.39, 0.29) is 11.8 Å². The number of hydrogen-bond donors (Lipinski definition) is 1. The van der Waals surface area contributed by atoms with Crippen LogP contribution < -0.4 is 5.32 Å². The van der Waals surface area contributed by atoms with E-state index < -0.39 is 0 Å². The van der Waals surface area contributed by atoms with Crippen molar-refractivity contribution in [3.05, 3.63) is 34.9 Å². The average Bonchev–Trinajstić information content (AvgIpc) is 2.33. The van der Waals surface area contributed by atoms with E-state index in [9.17, 15) is 4.79 Å². The second-order valence-electron chi connectivity index (χ2n) is 4.36. The molecule has 2 nitrogen and oxygen atoms in total. The first kappa shape index (κ1) is 11.3. The summed E-state index contributed by atoms with van der Waals surface area (Å²) in [7, 11) is 0. The Morgan fingerprint density at radius 2 is 2.19 bits per heavy atom. The van der Waals surface area contributed by atoms with E-state index in [1.54, 1.807) is 0 Å². The van der Waals surface area contributed by atoms with Crippen LogP contribution in [0.25, 0.3) is 0 Å². The second-order valence-corrected chi connectivity index (χ2v) is 4.36. The molecule has 1 N–H and O–H groups in total. The largest absolute Gasteiger partial charge is 0.307 e. The van der Waals surface area contributed by atoms with E-state index in [1.165, 1.54) is 11.1 Å². The minimum absolute atomic E-state index is 0.0320. The van der Waals surface area contributed by atoms with Gasteiger partial charge in [0.15, 0.2) is 5.78 Å². The van der Waals surface area contributed by atoms with E-state index >= 15 is 0 Å². The molecule has 16 heavy (non-hydrogen) atoms. The molecular weight excluding hydrogens is 198 g/mol. The number of rotatable bonds is 3. The summed E-state index contributed by atoms with van der Waals surface area (Å²) in [5.74, 6) is 0.276. The van der Waals surface area contributed by atoms with Gasteiger partial charge in [0, 0.05) is 5.56 Å². The molecule has 1 aliphatic carbocycles. The molecule has 1 aliphatic rings. The van der Waals surface area contributed by atoms with Crippen LogP contribution in [0.1, 0.15) is 41.8 Å². The van der Waals surface area contributed by atoms with Crippen LogP contribution in [0, 0.1) is 0 Å². The van der Waals surface area contributed by atoms with Gasteiger partial charge in [0.25, 0.3) is 0 Å². The Morgan fingerprint density at radius 3 is 2.88 bits per heavy atom. The fraction of sp³-hybridized carbons (Fsp3) is 0.500. The van der Waals surface area contributed by atoms with Crippen molar-refractivity contribution >= 4 is 5.78 Å². The van der Waals surface area contributed by atoms with Gasteiger partial charge in [-0.1, -0.05) is 26.0 Å². The number of carbonyl (C=O) groups is 1. The lowest BCUT2D eigenvalue weighted by atomic mass is 9.86. The van der Waals surface area contributed by atoms with Gasteiger partial charge in [-0.15, -0.1) is 0 Å². The van der Waals surface area contributed by atoms with Crippen molar-refractivity contribution in [2.24, 2.45) is 0 Å². The number of fused-ring (bicyclic) bond motifs is 1. The lowest BCUT2D eigenvalue weighted by Gasteiger charge is -2.24. The quantitative estimate of drug-likeness (QED) is 0.842. The van der Waals surface area contributed by atoms with Gasteiger partial charge in [-0.05, 0) is 43.0 Å². The number of Topliss-reactive ketones (excluding diaryl/α,β-unsaturated/α-hetero) is 1. The highest BCUT2D eigenvalue weighted by Crippen LogP contribution is 2.23. The molecule has 1 atom stereocenters. The lowest BCUT2D eigenvalue weighted by Crippen LogP contribution is -2.40. The van der Waals surface area contributed by atoms with E-state index in [0.717, 1.165) is 31.4 Å². The molecule has 86 valence electrons. The van der Waals surface area contributed by atoms with Gasteiger partial charge in [0.05, 0.1) is 6.04 Å². The fourth-order valence-corrected chi connectivity index (χ4v) is 2.35. The Bertz CT molecular complexity index is 398. The molecule has 0 spiro atoms. The minimum Gasteiger partial charge on any atom is -0.307 e. The van der Waals surface area contributed by atoms with E-state index in [1.807, 2.05) is 6.92 Å². The van der Waals surface area contributed by atoms with Crippen LogP contribution in [0.3, 0.4) is 0 Å². The smallest absolute Gasteiger partial charge is 0.180 e. The van der Waals surface area contributed by atoms with Crippen molar-refractivity contribution in [2.45, 2.75) is 39.2 Å². The molecule has 0 aliphatic heterocycles. The maximum atomic E-state index is 12.2. The van der Waals surface area contributed by atoms with Crippen molar-refractivity contribution in [2.75, 3.05) is 6.54 Å². The van der Waals surface area contributed by atoms with Crippen LogP contribution in [0.4, 0.5) is 0 Å². The van der Waals surface area contributed by atoms with Gasteiger partial charge >= 0.3 is 0 Å². The van der Waals surface area contributed by atoms with Crippen LogP contribution in [0.15, 0.2) is 18.2 Å². The molecule has 0 saturated heterocycles. The third kappa shape index (κ3) is 2.03. The molecule has 0 radical (unpaired) electrons. The number of nitrogens with one attached hydrogen (secondary N) is 1. The fourth-order valence-electron chi connectivity index (χ4n) is 2.35. The van der Waals surface area contributed by atoms with Crippen molar-refractivity contribution < 1.29 is 4.79 Å². The average molecular weight is 217 g/mol. The summed E-state index contributed by atoms with van der Waals surface area (Å²) < 4.78 is 0. The van der Waals surface area contributed by atoms with Gasteiger partial charge in [-0.3, -0.25) is 4.79 Å². The molecule has 0 amide bonds. The first-order valence-corrected chi connectivity index (χ1v) is 6.15. The standard InChI is InChI=1S/C14H19NO/c1-3-10-5-6-11-7-8-13(15-4-2)14(16)12(11)9-10/h5-6,9,13,15H,3-4,7-8H2,1-2H3. The zero-order valence-corrected chi connectivity index (χ0v) is 10.0. The summed E-state index contributed by atoms with van der Waals surface area (Å²) in [6.45, 7) is 5.03. The molecular formula is C14H19NO. The summed E-state index contributed by atoms with van der Waals surface area (Å²) in [6.07, 6.45) is 2.94. The molecule has 0 saturated carbocycles. The Hall–Kier alpha value is -1.15. The highest BCUT2D eigenvalue weighted by Gasteiger charge is 2.26. The first-order chi connectivity index (χ1) is 7.76. The molecule has 0 fully saturated rings. The summed E-state index contributed by atoms with van der Waals surface area (Å²) in [5.41, 5.74) is 3.41. The van der Waals surface area contributed by atoms with Gasteiger partial charge in [0.2, 0.25) is 0 Å². The van der Waals surface area contributed by atoms with Crippen molar-refractivity contribution in [1.29, 1.82) is 0 Å². The van der Waals surface area contributed by atoms with Gasteiger partial charge in [-0.2, -0.15) is 0 Å². The number of hydrogen-bond acceptors (Lipinski definition) is 2. The Labute approximate surface area is 97.1 Å². The number of ketones is 1. The minimum atomic E-state index is 0.0320. The van der Waals surface area contributed by atoms with E-state index in [2.05, 4.69) is 30.4 Å². The SMILES string of the molecule is CCNC1CCc2ccc(CC)cc2C1=O. The molecule has 0 heterocycles. The summed E-state index contributed by atoms with van der Waals surface area (Å²) in [5, 5.41) is 3.26. The molecule has 1 unspecified atom stereocenters. The van der Waals surface area contributed by atoms with Crippen molar-refractivity contribution in [3.8, 4) is 0 Å². The van der Waals surface area contributed by atoms with Crippen LogP contribution in [-0.2, 0) is 12.8 Å². The highest BCUT2D eigenvalue weighted by molar-refractivity contribution is 6.02. The normalized spacial score (nSPS) is 19.6. The summed E-state index contributed by atoms with van der Waals surface area (Å²) in [4.78, 5) is 12.2. The Morgan fingerprint density at radius 1 is 1.38 bits per heavy atom. The van der Waals surface area contributed by atoms with E-state index in [0.29, 0.717) is 0 Å². The molecule has 0 bridgehead atoms. The van der Waals surface area contributed by atoms with Crippen LogP contribution in [-0.4, -0.2) is 18.4 Å². The maximum absolute atomic E-state index is 12.2. The van der Waals surface area contributed by atoms with Crippen molar-refractivity contribution in [1.82, 2.24) is 5.32 Å². The van der Waals surface area contributed by atoms with Crippen LogP contribution >= 0.6 is 0 Å². The monoisotopic (exact) mass is 217 g/mol.